The number of aliphatic hydroxyl groups excluding tert-OH is 2. The van der Waals surface area contributed by atoms with Gasteiger partial charge in [-0.3, -0.25) is 4.79 Å². The van der Waals surface area contributed by atoms with Crippen molar-refractivity contribution < 1.29 is 25.2 Å². The molecule has 6 heteroatoms. The van der Waals surface area contributed by atoms with Crippen LogP contribution in [0.2, 0.25) is 5.02 Å². The highest BCUT2D eigenvalue weighted by Gasteiger charge is 2.23. The van der Waals surface area contributed by atoms with Crippen molar-refractivity contribution in [3.05, 3.63) is 28.8 Å². The number of phenolic OH excluding ortho intramolecular Hbond substituents is 1. The first-order valence-corrected chi connectivity index (χ1v) is 4.86. The van der Waals surface area contributed by atoms with Gasteiger partial charge in [0.2, 0.25) is 0 Å². The number of aliphatic hydroxyl groups is 2. The Morgan fingerprint density at radius 1 is 1.38 bits per heavy atom. The molecule has 0 aliphatic heterocycles. The Kier molecular flexibility index (Phi) is 4.12. The zero-order valence-corrected chi connectivity index (χ0v) is 8.92. The molecule has 2 unspecified atom stereocenters. The summed E-state index contributed by atoms with van der Waals surface area (Å²) in [6.07, 6.45) is -3.61. The van der Waals surface area contributed by atoms with Crippen LogP contribution >= 0.6 is 11.6 Å². The minimum absolute atomic E-state index is 0.00116. The summed E-state index contributed by atoms with van der Waals surface area (Å²) in [5.74, 6) is -1.49. The molecule has 1 rings (SSSR count). The van der Waals surface area contributed by atoms with Crippen LogP contribution in [0.5, 0.6) is 5.75 Å². The van der Waals surface area contributed by atoms with Gasteiger partial charge in [-0.15, -0.1) is 0 Å². The van der Waals surface area contributed by atoms with Gasteiger partial charge in [-0.1, -0.05) is 11.6 Å². The van der Waals surface area contributed by atoms with Gasteiger partial charge in [-0.05, 0) is 18.2 Å². The first-order chi connectivity index (χ1) is 7.41. The fourth-order valence-corrected chi connectivity index (χ4v) is 1.44. The van der Waals surface area contributed by atoms with Crippen LogP contribution in [0.3, 0.4) is 0 Å². The number of rotatable bonds is 4. The molecule has 2 atom stereocenters. The van der Waals surface area contributed by atoms with E-state index in [2.05, 4.69) is 0 Å². The van der Waals surface area contributed by atoms with Crippen LogP contribution in [0.25, 0.3) is 0 Å². The van der Waals surface area contributed by atoms with Crippen LogP contribution in [-0.4, -0.2) is 32.5 Å². The van der Waals surface area contributed by atoms with Crippen molar-refractivity contribution in [2.45, 2.75) is 18.6 Å². The molecule has 0 radical (unpaired) electrons. The molecule has 0 amide bonds. The van der Waals surface area contributed by atoms with E-state index in [9.17, 15) is 20.1 Å². The molecular weight excluding hydrogens is 236 g/mol. The molecule has 88 valence electrons. The van der Waals surface area contributed by atoms with Gasteiger partial charge < -0.3 is 20.4 Å². The molecule has 16 heavy (non-hydrogen) atoms. The maximum Gasteiger partial charge on any atom is 0.306 e. The number of hydrogen-bond acceptors (Lipinski definition) is 4. The van der Waals surface area contributed by atoms with Crippen LogP contribution in [-0.2, 0) is 4.79 Å². The van der Waals surface area contributed by atoms with E-state index < -0.39 is 24.6 Å². The summed E-state index contributed by atoms with van der Waals surface area (Å²) in [5.41, 5.74) is 0.00116. The average Bonchev–Trinajstić information content (AvgIpc) is 2.19. The minimum Gasteiger partial charge on any atom is -0.508 e. The summed E-state index contributed by atoms with van der Waals surface area (Å²) < 4.78 is 0. The maximum absolute atomic E-state index is 10.3. The van der Waals surface area contributed by atoms with Crippen LogP contribution in [0.1, 0.15) is 18.1 Å². The minimum atomic E-state index is -1.50. The first kappa shape index (κ1) is 12.8. The van der Waals surface area contributed by atoms with Crippen molar-refractivity contribution in [2.24, 2.45) is 0 Å². The summed E-state index contributed by atoms with van der Waals surface area (Å²) in [7, 11) is 0. The second kappa shape index (κ2) is 5.16. The SMILES string of the molecule is O=C(O)CC(O)C(O)c1cc(Cl)ccc1O. The molecule has 0 saturated heterocycles. The lowest BCUT2D eigenvalue weighted by Gasteiger charge is -2.17. The lowest BCUT2D eigenvalue weighted by Crippen LogP contribution is -2.21. The summed E-state index contributed by atoms with van der Waals surface area (Å²) >= 11 is 5.65. The molecule has 0 spiro atoms. The summed E-state index contributed by atoms with van der Waals surface area (Å²) in [6, 6.07) is 3.94. The van der Waals surface area contributed by atoms with Crippen molar-refractivity contribution in [3.8, 4) is 5.75 Å². The van der Waals surface area contributed by atoms with Gasteiger partial charge >= 0.3 is 5.97 Å². The Hall–Kier alpha value is -1.30. The quantitative estimate of drug-likeness (QED) is 0.633. The van der Waals surface area contributed by atoms with E-state index in [-0.39, 0.29) is 16.3 Å². The van der Waals surface area contributed by atoms with Gasteiger partial charge in [-0.2, -0.15) is 0 Å². The van der Waals surface area contributed by atoms with Gasteiger partial charge in [-0.25, -0.2) is 0 Å². The highest BCUT2D eigenvalue weighted by molar-refractivity contribution is 6.30. The normalized spacial score (nSPS) is 14.4. The van der Waals surface area contributed by atoms with Crippen molar-refractivity contribution in [1.29, 1.82) is 0 Å². The number of aromatic hydroxyl groups is 1. The predicted molar refractivity (Wildman–Crippen MR) is 56.3 cm³/mol. The van der Waals surface area contributed by atoms with Gasteiger partial charge in [0.15, 0.2) is 0 Å². The molecule has 0 bridgehead atoms. The van der Waals surface area contributed by atoms with E-state index in [1.54, 1.807) is 0 Å². The van der Waals surface area contributed by atoms with Crippen molar-refractivity contribution in [3.63, 3.8) is 0 Å². The Bertz CT molecular complexity index is 393. The second-order valence-electron chi connectivity index (χ2n) is 3.31. The number of phenols is 1. The molecule has 4 N–H and O–H groups in total. The Morgan fingerprint density at radius 2 is 2.00 bits per heavy atom. The zero-order valence-electron chi connectivity index (χ0n) is 8.17. The molecule has 1 aromatic carbocycles. The van der Waals surface area contributed by atoms with E-state index in [1.165, 1.54) is 18.2 Å². The molecule has 0 aliphatic rings. The number of carbonyl (C=O) groups is 1. The largest absolute Gasteiger partial charge is 0.508 e. The number of carboxylic acids is 1. The van der Waals surface area contributed by atoms with E-state index in [4.69, 9.17) is 16.7 Å². The van der Waals surface area contributed by atoms with Crippen LogP contribution < -0.4 is 0 Å². The average molecular weight is 247 g/mol. The molecule has 5 nitrogen and oxygen atoms in total. The third-order valence-corrected chi connectivity index (χ3v) is 2.29. The second-order valence-corrected chi connectivity index (χ2v) is 3.75. The lowest BCUT2D eigenvalue weighted by molar-refractivity contribution is -0.141. The Morgan fingerprint density at radius 3 is 2.56 bits per heavy atom. The van der Waals surface area contributed by atoms with Crippen molar-refractivity contribution in [2.75, 3.05) is 0 Å². The van der Waals surface area contributed by atoms with E-state index in [0.717, 1.165) is 0 Å². The smallest absolute Gasteiger partial charge is 0.306 e. The number of hydrogen-bond donors (Lipinski definition) is 4. The zero-order chi connectivity index (χ0) is 12.3. The lowest BCUT2D eigenvalue weighted by atomic mass is 10.0. The van der Waals surface area contributed by atoms with Gasteiger partial charge in [0.05, 0.1) is 12.5 Å². The predicted octanol–water partition coefficient (Wildman–Crippen LogP) is 0.915. The Balaban J connectivity index is 2.90. The molecule has 0 saturated carbocycles. The van der Waals surface area contributed by atoms with Gasteiger partial charge in [0.25, 0.3) is 0 Å². The topological polar surface area (TPSA) is 98.0 Å². The number of aliphatic carboxylic acids is 1. The number of halogens is 1. The molecular formula is C10H11ClO5. The highest BCUT2D eigenvalue weighted by atomic mass is 35.5. The molecule has 0 aliphatic carbocycles. The third kappa shape index (κ3) is 3.10. The standard InChI is InChI=1S/C10H11ClO5/c11-5-1-2-7(12)6(3-5)10(16)8(13)4-9(14)15/h1-3,8,10,12-13,16H,4H2,(H,14,15). The van der Waals surface area contributed by atoms with E-state index in [1.807, 2.05) is 0 Å². The van der Waals surface area contributed by atoms with Crippen LogP contribution in [0.4, 0.5) is 0 Å². The van der Waals surface area contributed by atoms with E-state index >= 15 is 0 Å². The first-order valence-electron chi connectivity index (χ1n) is 4.48. The molecule has 0 aromatic heterocycles. The third-order valence-electron chi connectivity index (χ3n) is 2.06. The molecule has 1 aromatic rings. The molecule has 0 fully saturated rings. The van der Waals surface area contributed by atoms with Crippen LogP contribution in [0.15, 0.2) is 18.2 Å². The Labute approximate surface area is 96.5 Å². The monoisotopic (exact) mass is 246 g/mol. The van der Waals surface area contributed by atoms with E-state index in [0.29, 0.717) is 0 Å². The van der Waals surface area contributed by atoms with Crippen LogP contribution in [0, 0.1) is 0 Å². The van der Waals surface area contributed by atoms with Crippen molar-refractivity contribution in [1.82, 2.24) is 0 Å². The van der Waals surface area contributed by atoms with Gasteiger partial charge in [0.1, 0.15) is 11.9 Å². The summed E-state index contributed by atoms with van der Waals surface area (Å²) in [6.45, 7) is 0. The summed E-state index contributed by atoms with van der Waals surface area (Å²) in [4.78, 5) is 10.3. The molecule has 0 heterocycles. The van der Waals surface area contributed by atoms with Crippen molar-refractivity contribution >= 4 is 17.6 Å². The number of benzene rings is 1. The fourth-order valence-electron chi connectivity index (χ4n) is 1.26. The summed E-state index contributed by atoms with van der Waals surface area (Å²) in [5, 5.41) is 37.1. The highest BCUT2D eigenvalue weighted by Crippen LogP contribution is 2.29. The maximum atomic E-state index is 10.3. The fraction of sp³-hybridized carbons (Fsp3) is 0.300. The number of carboxylic acid groups (broad SMARTS) is 1. The van der Waals surface area contributed by atoms with Gasteiger partial charge in [0, 0.05) is 10.6 Å².